The fraction of sp³-hybridized carbons (Fsp3) is 0.308. The monoisotopic (exact) mass is 253 g/mol. The number of rotatable bonds is 4. The number of nitrogens with two attached hydrogens (primary N) is 1. The maximum atomic E-state index is 11.2. The van der Waals surface area contributed by atoms with Crippen molar-refractivity contribution in [1.29, 1.82) is 0 Å². The first kappa shape index (κ1) is 13.6. The molecule has 1 rings (SSSR count). The van der Waals surface area contributed by atoms with E-state index in [0.717, 1.165) is 11.1 Å². The Balaban J connectivity index is 3.18. The van der Waals surface area contributed by atoms with E-state index in [0.29, 0.717) is 17.1 Å². The van der Waals surface area contributed by atoms with Crippen LogP contribution in [0, 0.1) is 5.92 Å². The van der Waals surface area contributed by atoms with E-state index < -0.39 is 11.9 Å². The zero-order chi connectivity index (χ0) is 13.0. The van der Waals surface area contributed by atoms with Gasteiger partial charge in [-0.1, -0.05) is 30.7 Å². The molecule has 0 saturated carbocycles. The van der Waals surface area contributed by atoms with Gasteiger partial charge in [0.15, 0.2) is 0 Å². The Morgan fingerprint density at radius 3 is 2.65 bits per heavy atom. The summed E-state index contributed by atoms with van der Waals surface area (Å²) in [6, 6.07) is 5.19. The van der Waals surface area contributed by atoms with Crippen molar-refractivity contribution in [3.63, 3.8) is 0 Å². The van der Waals surface area contributed by atoms with Crippen LogP contribution in [0.5, 0.6) is 0 Å². The lowest BCUT2D eigenvalue weighted by atomic mass is 9.90. The molecule has 1 atom stereocenters. The second-order valence-corrected chi connectivity index (χ2v) is 4.19. The summed E-state index contributed by atoms with van der Waals surface area (Å²) in [5.74, 6) is -1.34. The molecule has 0 bridgehead atoms. The number of anilines is 1. The molecule has 0 aliphatic heterocycles. The molecule has 0 aliphatic rings. The third kappa shape index (κ3) is 3.01. The average molecular weight is 254 g/mol. The van der Waals surface area contributed by atoms with E-state index in [1.54, 1.807) is 18.2 Å². The lowest BCUT2D eigenvalue weighted by molar-refractivity contribution is -0.139. The maximum Gasteiger partial charge on any atom is 0.310 e. The van der Waals surface area contributed by atoms with Crippen LogP contribution in [0.25, 0.3) is 5.57 Å². The Kier molecular flexibility index (Phi) is 4.58. The van der Waals surface area contributed by atoms with Gasteiger partial charge in [-0.05, 0) is 36.6 Å². The molecule has 0 aliphatic carbocycles. The van der Waals surface area contributed by atoms with Crippen LogP contribution < -0.4 is 5.73 Å². The molecule has 3 N–H and O–H groups in total. The summed E-state index contributed by atoms with van der Waals surface area (Å²) in [7, 11) is 0. The quantitative estimate of drug-likeness (QED) is 0.808. The number of nitrogen functional groups attached to an aromatic ring is 1. The lowest BCUT2D eigenvalue weighted by Crippen LogP contribution is -2.14. The summed E-state index contributed by atoms with van der Waals surface area (Å²) in [4.78, 5) is 11.2. The maximum absolute atomic E-state index is 11.2. The number of allylic oxidation sites excluding steroid dienone is 1. The van der Waals surface area contributed by atoms with Crippen molar-refractivity contribution in [3.8, 4) is 0 Å². The first-order chi connectivity index (χ1) is 8.01. The summed E-state index contributed by atoms with van der Waals surface area (Å²) in [5, 5.41) is 9.64. The number of hydrogen-bond donors (Lipinski definition) is 2. The van der Waals surface area contributed by atoms with Crippen LogP contribution in [-0.2, 0) is 4.79 Å². The standard InChI is InChI=1S/C13H16ClNO2/c1-3-9(10(4-2)13(16)17)8-5-6-11(14)12(15)7-8/h3,5-7,10H,4,15H2,1-2H3,(H,16,17)/b9-3+. The number of hydrogen-bond acceptors (Lipinski definition) is 2. The molecule has 3 nitrogen and oxygen atoms in total. The number of aliphatic carboxylic acids is 1. The SMILES string of the molecule is C/C=C(\c1ccc(Cl)c(N)c1)C(CC)C(=O)O. The van der Waals surface area contributed by atoms with Gasteiger partial charge in [0.05, 0.1) is 16.6 Å². The molecule has 1 unspecified atom stereocenters. The third-order valence-corrected chi connectivity index (χ3v) is 3.07. The number of benzene rings is 1. The molecule has 4 heteroatoms. The lowest BCUT2D eigenvalue weighted by Gasteiger charge is -2.15. The summed E-state index contributed by atoms with van der Waals surface area (Å²) >= 11 is 5.84. The molecule has 17 heavy (non-hydrogen) atoms. The van der Waals surface area contributed by atoms with Gasteiger partial charge >= 0.3 is 5.97 Å². The molecule has 0 heterocycles. The highest BCUT2D eigenvalue weighted by Gasteiger charge is 2.21. The summed E-state index contributed by atoms with van der Waals surface area (Å²) < 4.78 is 0. The van der Waals surface area contributed by atoms with E-state index >= 15 is 0 Å². The minimum Gasteiger partial charge on any atom is -0.481 e. The molecular formula is C13H16ClNO2. The van der Waals surface area contributed by atoms with Crippen molar-refractivity contribution >= 4 is 28.8 Å². The largest absolute Gasteiger partial charge is 0.481 e. The van der Waals surface area contributed by atoms with Crippen molar-refractivity contribution in [2.75, 3.05) is 5.73 Å². The van der Waals surface area contributed by atoms with Crippen LogP contribution in [0.15, 0.2) is 24.3 Å². The van der Waals surface area contributed by atoms with Crippen molar-refractivity contribution in [3.05, 3.63) is 34.9 Å². The molecule has 92 valence electrons. The van der Waals surface area contributed by atoms with Crippen LogP contribution in [0.1, 0.15) is 25.8 Å². The van der Waals surface area contributed by atoms with Crippen LogP contribution in [-0.4, -0.2) is 11.1 Å². The fourth-order valence-electron chi connectivity index (χ4n) is 1.82. The Labute approximate surface area is 106 Å². The second kappa shape index (κ2) is 5.73. The zero-order valence-corrected chi connectivity index (χ0v) is 10.7. The summed E-state index contributed by atoms with van der Waals surface area (Å²) in [5.41, 5.74) is 7.76. The van der Waals surface area contributed by atoms with Gasteiger partial charge in [0, 0.05) is 0 Å². The molecule has 0 aromatic heterocycles. The van der Waals surface area contributed by atoms with Crippen LogP contribution in [0.4, 0.5) is 5.69 Å². The number of carbonyl (C=O) groups is 1. The Morgan fingerprint density at radius 1 is 1.59 bits per heavy atom. The second-order valence-electron chi connectivity index (χ2n) is 3.78. The van der Waals surface area contributed by atoms with Gasteiger partial charge in [0.25, 0.3) is 0 Å². The van der Waals surface area contributed by atoms with Crippen molar-refractivity contribution in [2.24, 2.45) is 5.92 Å². The first-order valence-corrected chi connectivity index (χ1v) is 5.83. The van der Waals surface area contributed by atoms with Gasteiger partial charge in [-0.15, -0.1) is 0 Å². The Morgan fingerprint density at radius 2 is 2.24 bits per heavy atom. The fourth-order valence-corrected chi connectivity index (χ4v) is 1.94. The number of carboxylic acids is 1. The normalized spacial score (nSPS) is 13.5. The molecule has 1 aromatic rings. The summed E-state index contributed by atoms with van der Waals surface area (Å²) in [6.07, 6.45) is 2.35. The van der Waals surface area contributed by atoms with Crippen LogP contribution in [0.2, 0.25) is 5.02 Å². The molecule has 1 aromatic carbocycles. The van der Waals surface area contributed by atoms with Crippen LogP contribution in [0.3, 0.4) is 0 Å². The zero-order valence-electron chi connectivity index (χ0n) is 9.90. The van der Waals surface area contributed by atoms with Gasteiger partial charge in [0.1, 0.15) is 0 Å². The predicted molar refractivity (Wildman–Crippen MR) is 70.9 cm³/mol. The summed E-state index contributed by atoms with van der Waals surface area (Å²) in [6.45, 7) is 3.67. The number of carboxylic acid groups (broad SMARTS) is 1. The van der Waals surface area contributed by atoms with Crippen molar-refractivity contribution in [2.45, 2.75) is 20.3 Å². The van der Waals surface area contributed by atoms with E-state index in [4.69, 9.17) is 22.4 Å². The molecule has 0 saturated heterocycles. The Hall–Kier alpha value is -1.48. The first-order valence-electron chi connectivity index (χ1n) is 5.45. The minimum absolute atomic E-state index is 0.462. The van der Waals surface area contributed by atoms with Gasteiger partial charge in [-0.25, -0.2) is 0 Å². The van der Waals surface area contributed by atoms with E-state index in [9.17, 15) is 4.79 Å². The molecule has 0 spiro atoms. The highest BCUT2D eigenvalue weighted by atomic mass is 35.5. The van der Waals surface area contributed by atoms with Crippen LogP contribution >= 0.6 is 11.6 Å². The van der Waals surface area contributed by atoms with E-state index in [1.165, 1.54) is 0 Å². The van der Waals surface area contributed by atoms with Gasteiger partial charge in [-0.2, -0.15) is 0 Å². The predicted octanol–water partition coefficient (Wildman–Crippen LogP) is 3.44. The van der Waals surface area contributed by atoms with E-state index in [2.05, 4.69) is 0 Å². The van der Waals surface area contributed by atoms with E-state index in [1.807, 2.05) is 19.9 Å². The third-order valence-electron chi connectivity index (χ3n) is 2.72. The minimum atomic E-state index is -0.825. The Bertz CT molecular complexity index is 455. The highest BCUT2D eigenvalue weighted by Crippen LogP contribution is 2.30. The highest BCUT2D eigenvalue weighted by molar-refractivity contribution is 6.33. The topological polar surface area (TPSA) is 63.3 Å². The average Bonchev–Trinajstić information content (AvgIpc) is 2.29. The van der Waals surface area contributed by atoms with E-state index in [-0.39, 0.29) is 0 Å². The molecule has 0 radical (unpaired) electrons. The van der Waals surface area contributed by atoms with Gasteiger partial charge in [0.2, 0.25) is 0 Å². The molecule has 0 amide bonds. The van der Waals surface area contributed by atoms with Crippen molar-refractivity contribution in [1.82, 2.24) is 0 Å². The number of halogens is 1. The van der Waals surface area contributed by atoms with Gasteiger partial charge in [-0.3, -0.25) is 4.79 Å². The molecule has 0 fully saturated rings. The van der Waals surface area contributed by atoms with Gasteiger partial charge < -0.3 is 10.8 Å². The smallest absolute Gasteiger partial charge is 0.310 e. The molecular weight excluding hydrogens is 238 g/mol. The van der Waals surface area contributed by atoms with Crippen molar-refractivity contribution < 1.29 is 9.90 Å².